The number of esters is 1. The predicted octanol–water partition coefficient (Wildman–Crippen LogP) is 3.36. The second kappa shape index (κ2) is 6.61. The van der Waals surface area contributed by atoms with Gasteiger partial charge in [0, 0.05) is 0 Å². The first-order valence-electron chi connectivity index (χ1n) is 8.59. The zero-order chi connectivity index (χ0) is 19.0. The number of aromatic nitrogens is 4. The van der Waals surface area contributed by atoms with Gasteiger partial charge in [0.15, 0.2) is 5.65 Å². The van der Waals surface area contributed by atoms with Crippen molar-refractivity contribution in [3.05, 3.63) is 12.5 Å². The highest BCUT2D eigenvalue weighted by atomic mass is 16.6. The molecular weight excluding hydrogens is 318 g/mol. The Kier molecular flexibility index (Phi) is 5.06. The highest BCUT2D eigenvalue weighted by Gasteiger charge is 2.29. The summed E-state index contributed by atoms with van der Waals surface area (Å²) in [4.78, 5) is 21.2. The zero-order valence-corrected chi connectivity index (χ0v) is 16.4. The van der Waals surface area contributed by atoms with E-state index in [2.05, 4.69) is 41.2 Å². The smallest absolute Gasteiger partial charge is 0.329 e. The fraction of sp³-hybridized carbons (Fsp3) is 0.667. The molecule has 0 amide bonds. The van der Waals surface area contributed by atoms with Crippen LogP contribution in [0, 0.1) is 5.92 Å². The Morgan fingerprint density at radius 2 is 1.80 bits per heavy atom. The van der Waals surface area contributed by atoms with Crippen LogP contribution in [0.15, 0.2) is 12.5 Å². The summed E-state index contributed by atoms with van der Waals surface area (Å²) in [6.45, 7) is 15.7. The van der Waals surface area contributed by atoms with E-state index in [9.17, 15) is 4.79 Å². The van der Waals surface area contributed by atoms with Gasteiger partial charge in [-0.2, -0.15) is 5.10 Å². The Morgan fingerprint density at radius 3 is 2.32 bits per heavy atom. The van der Waals surface area contributed by atoms with Gasteiger partial charge in [0.25, 0.3) is 0 Å². The number of nitrogens with zero attached hydrogens (tertiary/aromatic N) is 4. The van der Waals surface area contributed by atoms with Crippen LogP contribution in [0.1, 0.15) is 55.4 Å². The molecule has 0 aromatic carbocycles. The third-order valence-corrected chi connectivity index (χ3v) is 3.62. The average molecular weight is 347 g/mol. The molecule has 2 aromatic rings. The standard InChI is InChI=1S/C18H29N5O2/c1-11(2)13(16(24)25-18(6,7)8)22-14-12-9-21-23(17(3,4)5)15(12)20-10-19-14/h9-11,13H,1-8H3,(H,19,20,22)/t13-/m1/s1. The molecule has 0 aliphatic heterocycles. The Balaban J connectivity index is 2.37. The molecule has 1 N–H and O–H groups in total. The molecule has 2 heterocycles. The van der Waals surface area contributed by atoms with Crippen molar-refractivity contribution in [3.8, 4) is 0 Å². The van der Waals surface area contributed by atoms with Crippen LogP contribution in [0.2, 0.25) is 0 Å². The molecule has 25 heavy (non-hydrogen) atoms. The molecule has 0 spiro atoms. The third kappa shape index (κ3) is 4.46. The lowest BCUT2D eigenvalue weighted by molar-refractivity contribution is -0.156. The summed E-state index contributed by atoms with van der Waals surface area (Å²) in [5, 5.41) is 8.46. The van der Waals surface area contributed by atoms with Crippen LogP contribution in [-0.4, -0.2) is 37.4 Å². The van der Waals surface area contributed by atoms with Gasteiger partial charge in [-0.25, -0.2) is 19.4 Å². The van der Waals surface area contributed by atoms with Crippen LogP contribution >= 0.6 is 0 Å². The second-order valence-electron chi connectivity index (χ2n) is 8.59. The number of rotatable bonds is 4. The Labute approximate surface area is 149 Å². The number of anilines is 1. The highest BCUT2D eigenvalue weighted by molar-refractivity contribution is 5.89. The minimum Gasteiger partial charge on any atom is -0.458 e. The van der Waals surface area contributed by atoms with Gasteiger partial charge >= 0.3 is 5.97 Å². The number of carbonyl (C=O) groups excluding carboxylic acids is 1. The van der Waals surface area contributed by atoms with E-state index in [4.69, 9.17) is 4.74 Å². The molecule has 1 atom stereocenters. The molecule has 0 radical (unpaired) electrons. The van der Waals surface area contributed by atoms with E-state index in [0.29, 0.717) is 5.82 Å². The van der Waals surface area contributed by atoms with Gasteiger partial charge in [-0.05, 0) is 47.5 Å². The molecule has 7 heteroatoms. The van der Waals surface area contributed by atoms with Crippen molar-refractivity contribution in [1.29, 1.82) is 0 Å². The van der Waals surface area contributed by atoms with E-state index < -0.39 is 11.6 Å². The first kappa shape index (κ1) is 19.1. The van der Waals surface area contributed by atoms with Crippen molar-refractivity contribution in [3.63, 3.8) is 0 Å². The minimum atomic E-state index is -0.538. The lowest BCUT2D eigenvalue weighted by Crippen LogP contribution is -2.40. The lowest BCUT2D eigenvalue weighted by atomic mass is 10.0. The van der Waals surface area contributed by atoms with Crippen LogP contribution in [-0.2, 0) is 15.1 Å². The molecule has 0 bridgehead atoms. The topological polar surface area (TPSA) is 81.9 Å². The quantitative estimate of drug-likeness (QED) is 0.854. The van der Waals surface area contributed by atoms with E-state index >= 15 is 0 Å². The fourth-order valence-electron chi connectivity index (χ4n) is 2.46. The van der Waals surface area contributed by atoms with Crippen molar-refractivity contribution in [2.24, 2.45) is 5.92 Å². The first-order chi connectivity index (χ1) is 11.4. The van der Waals surface area contributed by atoms with Gasteiger partial charge < -0.3 is 10.1 Å². The van der Waals surface area contributed by atoms with Crippen LogP contribution in [0.5, 0.6) is 0 Å². The molecule has 138 valence electrons. The second-order valence-corrected chi connectivity index (χ2v) is 8.59. The predicted molar refractivity (Wildman–Crippen MR) is 98.4 cm³/mol. The number of hydrogen-bond acceptors (Lipinski definition) is 6. The first-order valence-corrected chi connectivity index (χ1v) is 8.59. The molecule has 2 aromatic heterocycles. The van der Waals surface area contributed by atoms with Gasteiger partial charge in [-0.1, -0.05) is 13.8 Å². The molecule has 0 saturated heterocycles. The molecule has 0 saturated carbocycles. The summed E-state index contributed by atoms with van der Waals surface area (Å²) < 4.78 is 7.39. The number of fused-ring (bicyclic) bond motifs is 1. The monoisotopic (exact) mass is 347 g/mol. The minimum absolute atomic E-state index is 0.0394. The molecule has 0 fully saturated rings. The van der Waals surface area contributed by atoms with Gasteiger partial charge in [0.2, 0.25) is 0 Å². The van der Waals surface area contributed by atoms with E-state index in [1.165, 1.54) is 6.33 Å². The van der Waals surface area contributed by atoms with Gasteiger partial charge in [0.1, 0.15) is 23.8 Å². The molecular formula is C18H29N5O2. The van der Waals surface area contributed by atoms with E-state index in [-0.39, 0.29) is 17.4 Å². The highest BCUT2D eigenvalue weighted by Crippen LogP contribution is 2.25. The van der Waals surface area contributed by atoms with Gasteiger partial charge in [-0.3, -0.25) is 0 Å². The normalized spacial score (nSPS) is 14.0. The van der Waals surface area contributed by atoms with E-state index in [0.717, 1.165) is 11.0 Å². The number of carbonyl (C=O) groups is 1. The maximum absolute atomic E-state index is 12.6. The number of nitrogens with one attached hydrogen (secondary N) is 1. The van der Waals surface area contributed by atoms with Crippen LogP contribution in [0.3, 0.4) is 0 Å². The number of hydrogen-bond donors (Lipinski definition) is 1. The fourth-order valence-corrected chi connectivity index (χ4v) is 2.46. The van der Waals surface area contributed by atoms with Crippen LogP contribution in [0.25, 0.3) is 11.0 Å². The third-order valence-electron chi connectivity index (χ3n) is 3.62. The molecule has 0 aliphatic rings. The van der Waals surface area contributed by atoms with Crippen LogP contribution < -0.4 is 5.32 Å². The Hall–Kier alpha value is -2.18. The summed E-state index contributed by atoms with van der Waals surface area (Å²) in [6.07, 6.45) is 3.22. The summed E-state index contributed by atoms with van der Waals surface area (Å²) in [5.74, 6) is 0.333. The maximum atomic E-state index is 12.6. The average Bonchev–Trinajstić information content (AvgIpc) is 2.86. The van der Waals surface area contributed by atoms with Crippen molar-refractivity contribution >= 4 is 22.8 Å². The Bertz CT molecular complexity index is 753. The van der Waals surface area contributed by atoms with Crippen LogP contribution in [0.4, 0.5) is 5.82 Å². The van der Waals surface area contributed by atoms with E-state index in [1.54, 1.807) is 6.20 Å². The summed E-state index contributed by atoms with van der Waals surface area (Å²) in [5.41, 5.74) is -0.00306. The van der Waals surface area contributed by atoms with Crippen molar-refractivity contribution in [2.75, 3.05) is 5.32 Å². The van der Waals surface area contributed by atoms with Crippen molar-refractivity contribution < 1.29 is 9.53 Å². The number of ether oxygens (including phenoxy) is 1. The molecule has 0 unspecified atom stereocenters. The summed E-state index contributed by atoms with van der Waals surface area (Å²) >= 11 is 0. The van der Waals surface area contributed by atoms with Crippen molar-refractivity contribution in [1.82, 2.24) is 19.7 Å². The lowest BCUT2D eigenvalue weighted by Gasteiger charge is -2.27. The molecule has 2 rings (SSSR count). The van der Waals surface area contributed by atoms with Gasteiger partial charge in [0.05, 0.1) is 17.1 Å². The zero-order valence-electron chi connectivity index (χ0n) is 16.4. The molecule has 7 nitrogen and oxygen atoms in total. The SMILES string of the molecule is CC(C)[C@@H](Nc1ncnc2c1cnn2C(C)(C)C)C(=O)OC(C)(C)C. The maximum Gasteiger partial charge on any atom is 0.329 e. The summed E-state index contributed by atoms with van der Waals surface area (Å²) in [6, 6.07) is -0.504. The van der Waals surface area contributed by atoms with Crippen molar-refractivity contribution in [2.45, 2.75) is 72.6 Å². The largest absolute Gasteiger partial charge is 0.458 e. The summed E-state index contributed by atoms with van der Waals surface area (Å²) in [7, 11) is 0. The van der Waals surface area contributed by atoms with E-state index in [1.807, 2.05) is 39.3 Å². The Morgan fingerprint density at radius 1 is 1.16 bits per heavy atom. The molecule has 0 aliphatic carbocycles. The van der Waals surface area contributed by atoms with Gasteiger partial charge in [-0.15, -0.1) is 0 Å².